The second-order valence-corrected chi connectivity index (χ2v) is 5.81. The van der Waals surface area contributed by atoms with Crippen molar-refractivity contribution in [2.75, 3.05) is 14.2 Å². The maximum Gasteiger partial charge on any atom is 0.330 e. The van der Waals surface area contributed by atoms with Crippen molar-refractivity contribution in [1.29, 1.82) is 0 Å². The van der Waals surface area contributed by atoms with Crippen molar-refractivity contribution in [3.05, 3.63) is 76.9 Å². The second kappa shape index (κ2) is 13.2. The van der Waals surface area contributed by atoms with Crippen LogP contribution >= 0.6 is 0 Å². The maximum absolute atomic E-state index is 10.8. The summed E-state index contributed by atoms with van der Waals surface area (Å²) in [7, 11) is 2.72. The topological polar surface area (TPSA) is 93.1 Å². The third-order valence-corrected chi connectivity index (χ3v) is 3.83. The fraction of sp³-hybridized carbons (Fsp3) is 0.273. The number of aliphatic hydroxyl groups is 2. The average Bonchev–Trinajstić information content (AvgIpc) is 2.76. The van der Waals surface area contributed by atoms with Crippen LogP contribution in [0.5, 0.6) is 0 Å². The minimum absolute atomic E-state index is 0.0288. The molecule has 0 aliphatic heterocycles. The van der Waals surface area contributed by atoms with E-state index in [2.05, 4.69) is 9.47 Å². The Bertz CT molecular complexity index is 748. The van der Waals surface area contributed by atoms with Gasteiger partial charge in [-0.3, -0.25) is 4.79 Å². The number of esters is 2. The number of aliphatic hydroxyl groups excluding tert-OH is 2. The molecule has 0 aromatic heterocycles. The van der Waals surface area contributed by atoms with Crippen molar-refractivity contribution in [1.82, 2.24) is 0 Å². The van der Waals surface area contributed by atoms with Crippen molar-refractivity contribution in [2.24, 2.45) is 0 Å². The summed E-state index contributed by atoms with van der Waals surface area (Å²) in [5, 5.41) is 17.6. The minimum atomic E-state index is -0.378. The van der Waals surface area contributed by atoms with Crippen LogP contribution < -0.4 is 0 Å². The van der Waals surface area contributed by atoms with Crippen molar-refractivity contribution < 1.29 is 29.3 Å². The van der Waals surface area contributed by atoms with Gasteiger partial charge in [0.25, 0.3) is 0 Å². The Balaban J connectivity index is 0.000000280. The maximum atomic E-state index is 10.8. The number of rotatable bonds is 7. The molecule has 0 aliphatic carbocycles. The summed E-state index contributed by atoms with van der Waals surface area (Å²) in [5.74, 6) is -0.576. The fourth-order valence-corrected chi connectivity index (χ4v) is 2.13. The van der Waals surface area contributed by atoms with E-state index in [0.717, 1.165) is 22.3 Å². The molecule has 0 aliphatic rings. The third-order valence-electron chi connectivity index (χ3n) is 3.83. The van der Waals surface area contributed by atoms with Gasteiger partial charge in [-0.2, -0.15) is 0 Å². The Morgan fingerprint density at radius 2 is 1.32 bits per heavy atom. The zero-order valence-corrected chi connectivity index (χ0v) is 16.1. The van der Waals surface area contributed by atoms with Crippen molar-refractivity contribution in [3.8, 4) is 0 Å². The van der Waals surface area contributed by atoms with E-state index in [1.807, 2.05) is 36.4 Å². The molecule has 0 atom stereocenters. The first kappa shape index (κ1) is 23.1. The van der Waals surface area contributed by atoms with Crippen LogP contribution in [0.2, 0.25) is 0 Å². The molecule has 0 fully saturated rings. The predicted molar refractivity (Wildman–Crippen MR) is 106 cm³/mol. The summed E-state index contributed by atoms with van der Waals surface area (Å²) in [6.07, 6.45) is 4.09. The summed E-state index contributed by atoms with van der Waals surface area (Å²) < 4.78 is 8.99. The molecule has 6 heteroatoms. The third kappa shape index (κ3) is 9.12. The number of benzene rings is 2. The van der Waals surface area contributed by atoms with Gasteiger partial charge in [-0.15, -0.1) is 0 Å². The van der Waals surface area contributed by atoms with Crippen LogP contribution in [0.4, 0.5) is 0 Å². The Hall–Kier alpha value is -2.96. The molecule has 6 nitrogen and oxygen atoms in total. The van der Waals surface area contributed by atoms with Crippen molar-refractivity contribution >= 4 is 18.0 Å². The molecule has 150 valence electrons. The molecule has 0 spiro atoms. The van der Waals surface area contributed by atoms with Gasteiger partial charge in [-0.25, -0.2) is 4.79 Å². The normalized spacial score (nSPS) is 10.1. The predicted octanol–water partition coefficient (Wildman–Crippen LogP) is 2.65. The first-order valence-electron chi connectivity index (χ1n) is 8.73. The number of hydrogen-bond acceptors (Lipinski definition) is 6. The molecule has 2 rings (SSSR count). The summed E-state index contributed by atoms with van der Waals surface area (Å²) >= 11 is 0. The van der Waals surface area contributed by atoms with E-state index in [0.29, 0.717) is 12.8 Å². The van der Waals surface area contributed by atoms with Gasteiger partial charge in [0.1, 0.15) is 0 Å². The highest BCUT2D eigenvalue weighted by Gasteiger charge is 2.01. The summed E-state index contributed by atoms with van der Waals surface area (Å²) in [5.41, 5.74) is 3.70. The summed E-state index contributed by atoms with van der Waals surface area (Å²) in [4.78, 5) is 21.6. The Morgan fingerprint density at radius 1 is 0.821 bits per heavy atom. The van der Waals surface area contributed by atoms with Crippen molar-refractivity contribution in [2.45, 2.75) is 26.1 Å². The lowest BCUT2D eigenvalue weighted by Gasteiger charge is -2.01. The molecule has 2 aromatic carbocycles. The second-order valence-electron chi connectivity index (χ2n) is 5.81. The van der Waals surface area contributed by atoms with Gasteiger partial charge in [0.05, 0.1) is 27.4 Å². The molecule has 0 radical (unpaired) electrons. The highest BCUT2D eigenvalue weighted by molar-refractivity contribution is 5.86. The number of aryl methyl sites for hydroxylation is 1. The lowest BCUT2D eigenvalue weighted by molar-refractivity contribution is -0.140. The number of ether oxygens (including phenoxy) is 2. The Kier molecular flexibility index (Phi) is 10.9. The monoisotopic (exact) mass is 386 g/mol. The lowest BCUT2D eigenvalue weighted by Crippen LogP contribution is -2.01. The number of carbonyl (C=O) groups excluding carboxylic acids is 2. The van der Waals surface area contributed by atoms with Gasteiger partial charge in [0.2, 0.25) is 0 Å². The van der Waals surface area contributed by atoms with E-state index in [-0.39, 0.29) is 25.2 Å². The van der Waals surface area contributed by atoms with Gasteiger partial charge < -0.3 is 19.7 Å². The Labute approximate surface area is 165 Å². The minimum Gasteiger partial charge on any atom is -0.469 e. The highest BCUT2D eigenvalue weighted by Crippen LogP contribution is 2.07. The van der Waals surface area contributed by atoms with Crippen LogP contribution in [0.3, 0.4) is 0 Å². The van der Waals surface area contributed by atoms with Crippen molar-refractivity contribution in [3.63, 3.8) is 0 Å². The van der Waals surface area contributed by atoms with Gasteiger partial charge in [-0.05, 0) is 34.8 Å². The average molecular weight is 386 g/mol. The van der Waals surface area contributed by atoms with Crippen LogP contribution in [-0.2, 0) is 38.7 Å². The van der Waals surface area contributed by atoms with E-state index < -0.39 is 0 Å². The quantitative estimate of drug-likeness (QED) is 0.561. The number of carbonyl (C=O) groups is 2. The molecule has 0 bridgehead atoms. The summed E-state index contributed by atoms with van der Waals surface area (Å²) in [6.45, 7) is 0.0816. The number of hydrogen-bond donors (Lipinski definition) is 2. The molecule has 0 saturated carbocycles. The van der Waals surface area contributed by atoms with E-state index in [4.69, 9.17) is 10.2 Å². The van der Waals surface area contributed by atoms with Crippen LogP contribution in [-0.4, -0.2) is 36.4 Å². The SMILES string of the molecule is COC(=O)/C=C/c1ccc(CO)cc1.COC(=O)CCc1ccc(CO)cc1. The summed E-state index contributed by atoms with van der Waals surface area (Å²) in [6, 6.07) is 14.8. The van der Waals surface area contributed by atoms with E-state index >= 15 is 0 Å². The molecule has 2 aromatic rings. The van der Waals surface area contributed by atoms with Gasteiger partial charge >= 0.3 is 11.9 Å². The molecule has 28 heavy (non-hydrogen) atoms. The first-order chi connectivity index (χ1) is 13.5. The van der Waals surface area contributed by atoms with Crippen LogP contribution in [0, 0.1) is 0 Å². The lowest BCUT2D eigenvalue weighted by atomic mass is 10.1. The van der Waals surface area contributed by atoms with E-state index in [9.17, 15) is 9.59 Å². The molecule has 0 heterocycles. The van der Waals surface area contributed by atoms with Crippen LogP contribution in [0.25, 0.3) is 6.08 Å². The molecule has 0 unspecified atom stereocenters. The molecule has 2 N–H and O–H groups in total. The number of methoxy groups -OCH3 is 2. The largest absolute Gasteiger partial charge is 0.469 e. The zero-order valence-electron chi connectivity index (χ0n) is 16.1. The van der Waals surface area contributed by atoms with E-state index in [1.165, 1.54) is 20.3 Å². The van der Waals surface area contributed by atoms with Crippen LogP contribution in [0.15, 0.2) is 54.6 Å². The van der Waals surface area contributed by atoms with Gasteiger partial charge in [0, 0.05) is 12.5 Å². The van der Waals surface area contributed by atoms with Crippen LogP contribution in [0.1, 0.15) is 28.7 Å². The van der Waals surface area contributed by atoms with Gasteiger partial charge in [-0.1, -0.05) is 48.5 Å². The standard InChI is InChI=1S/C11H14O3.C11H12O3/c2*1-14-11(13)7-6-9-2-4-10(8-12)5-3-9/h2-5,12H,6-8H2,1H3;2-7,12H,8H2,1H3/b;7-6+. The zero-order chi connectivity index (χ0) is 20.8. The Morgan fingerprint density at radius 3 is 1.79 bits per heavy atom. The molecule has 0 amide bonds. The van der Waals surface area contributed by atoms with E-state index in [1.54, 1.807) is 18.2 Å². The first-order valence-corrected chi connectivity index (χ1v) is 8.73. The van der Waals surface area contributed by atoms with Gasteiger partial charge in [0.15, 0.2) is 0 Å². The molecular formula is C22H26O6. The fourth-order valence-electron chi connectivity index (χ4n) is 2.13. The molecular weight excluding hydrogens is 360 g/mol. The molecule has 0 saturated heterocycles. The highest BCUT2D eigenvalue weighted by atomic mass is 16.5. The smallest absolute Gasteiger partial charge is 0.330 e.